The second-order valence-corrected chi connectivity index (χ2v) is 5.50. The minimum atomic E-state index is -0.554. The van der Waals surface area contributed by atoms with Crippen molar-refractivity contribution in [3.05, 3.63) is 51.7 Å². The maximum Gasteiger partial charge on any atom is 0.390 e. The van der Waals surface area contributed by atoms with Crippen LogP contribution < -0.4 is 4.90 Å². The van der Waals surface area contributed by atoms with Crippen molar-refractivity contribution in [3.8, 4) is 0 Å². The van der Waals surface area contributed by atoms with E-state index >= 15 is 0 Å². The predicted molar refractivity (Wildman–Crippen MR) is 80.7 cm³/mol. The van der Waals surface area contributed by atoms with Crippen LogP contribution in [0.1, 0.15) is 18.2 Å². The number of para-hydroxylation sites is 1. The first kappa shape index (κ1) is 14.2. The van der Waals surface area contributed by atoms with Crippen LogP contribution in [0, 0.1) is 17.0 Å². The van der Waals surface area contributed by atoms with E-state index in [0.29, 0.717) is 5.69 Å². The van der Waals surface area contributed by atoms with E-state index < -0.39 is 4.92 Å². The molecule has 0 saturated heterocycles. The highest BCUT2D eigenvalue weighted by Crippen LogP contribution is 2.32. The molecule has 1 aromatic heterocycles. The summed E-state index contributed by atoms with van der Waals surface area (Å²) in [7, 11) is 0. The topological polar surface area (TPSA) is 81.3 Å². The van der Waals surface area contributed by atoms with Crippen LogP contribution in [0.25, 0.3) is 0 Å². The molecule has 0 bridgehead atoms. The molecule has 2 heterocycles. The molecule has 1 aliphatic rings. The first-order valence-electron chi connectivity index (χ1n) is 7.06. The van der Waals surface area contributed by atoms with Crippen molar-refractivity contribution < 1.29 is 9.72 Å². The molecule has 3 rings (SSSR count). The summed E-state index contributed by atoms with van der Waals surface area (Å²) in [5.41, 5.74) is 2.66. The van der Waals surface area contributed by atoms with Gasteiger partial charge in [0.05, 0.1) is 16.9 Å². The zero-order valence-electron chi connectivity index (χ0n) is 12.4. The number of benzene rings is 1. The maximum atomic E-state index is 12.6. The number of aromatic nitrogens is 2. The van der Waals surface area contributed by atoms with Crippen LogP contribution >= 0.6 is 0 Å². The van der Waals surface area contributed by atoms with Crippen LogP contribution in [0.5, 0.6) is 0 Å². The fourth-order valence-electron chi connectivity index (χ4n) is 2.89. The Labute approximate surface area is 127 Å². The van der Waals surface area contributed by atoms with Crippen molar-refractivity contribution in [2.45, 2.75) is 32.9 Å². The standard InChI is InChI=1S/C15H16N4O3/c1-10-8-14(19(21)22)16-17(10)9-15(20)18-11(2)7-12-5-3-4-6-13(12)18/h3-6,8,11H,7,9H2,1-2H3/t11-/m1/s1. The number of rotatable bonds is 3. The Bertz CT molecular complexity index is 753. The van der Waals surface area contributed by atoms with Gasteiger partial charge < -0.3 is 15.0 Å². The molecule has 1 atom stereocenters. The van der Waals surface area contributed by atoms with E-state index in [0.717, 1.165) is 17.7 Å². The lowest BCUT2D eigenvalue weighted by Crippen LogP contribution is -2.38. The quantitative estimate of drug-likeness (QED) is 0.642. The second kappa shape index (κ2) is 5.25. The smallest absolute Gasteiger partial charge is 0.358 e. The molecule has 0 unspecified atom stereocenters. The molecular formula is C15H16N4O3. The molecule has 7 heteroatoms. The average Bonchev–Trinajstić information content (AvgIpc) is 2.98. The number of aryl methyl sites for hydroxylation is 1. The fourth-order valence-corrected chi connectivity index (χ4v) is 2.89. The number of hydrogen-bond acceptors (Lipinski definition) is 4. The first-order valence-corrected chi connectivity index (χ1v) is 7.06. The molecule has 7 nitrogen and oxygen atoms in total. The third-order valence-electron chi connectivity index (χ3n) is 3.92. The molecular weight excluding hydrogens is 284 g/mol. The molecule has 0 radical (unpaired) electrons. The summed E-state index contributed by atoms with van der Waals surface area (Å²) >= 11 is 0. The van der Waals surface area contributed by atoms with Crippen LogP contribution in [-0.4, -0.2) is 26.7 Å². The van der Waals surface area contributed by atoms with Crippen LogP contribution in [-0.2, 0) is 17.8 Å². The lowest BCUT2D eigenvalue weighted by atomic mass is 10.1. The number of fused-ring (bicyclic) bond motifs is 1. The van der Waals surface area contributed by atoms with Gasteiger partial charge >= 0.3 is 5.82 Å². The highest BCUT2D eigenvalue weighted by Gasteiger charge is 2.31. The molecule has 0 fully saturated rings. The number of carbonyl (C=O) groups excluding carboxylic acids is 1. The Morgan fingerprint density at radius 1 is 1.45 bits per heavy atom. The molecule has 0 saturated carbocycles. The van der Waals surface area contributed by atoms with Crippen LogP contribution in [0.3, 0.4) is 0 Å². The van der Waals surface area contributed by atoms with Gasteiger partial charge in [-0.25, -0.2) is 0 Å². The minimum absolute atomic E-state index is 0.00164. The van der Waals surface area contributed by atoms with E-state index in [1.54, 1.807) is 11.8 Å². The monoisotopic (exact) mass is 300 g/mol. The molecule has 1 aliphatic heterocycles. The minimum Gasteiger partial charge on any atom is -0.358 e. The molecule has 2 aromatic rings. The van der Waals surface area contributed by atoms with Gasteiger partial charge in [0, 0.05) is 11.7 Å². The Hall–Kier alpha value is -2.70. The number of anilines is 1. The lowest BCUT2D eigenvalue weighted by molar-refractivity contribution is -0.389. The fraction of sp³-hybridized carbons (Fsp3) is 0.333. The first-order chi connectivity index (χ1) is 10.5. The van der Waals surface area contributed by atoms with Gasteiger partial charge in [-0.15, -0.1) is 0 Å². The SMILES string of the molecule is Cc1cc([N+](=O)[O-])nn1CC(=O)N1c2ccccc2C[C@H]1C. The summed E-state index contributed by atoms with van der Waals surface area (Å²) < 4.78 is 1.38. The molecule has 1 aromatic carbocycles. The van der Waals surface area contributed by atoms with Gasteiger partial charge in [0.1, 0.15) is 6.54 Å². The molecule has 1 amide bonds. The number of carbonyl (C=O) groups is 1. The van der Waals surface area contributed by atoms with Crippen molar-refractivity contribution in [1.82, 2.24) is 9.78 Å². The number of nitrogens with zero attached hydrogens (tertiary/aromatic N) is 4. The van der Waals surface area contributed by atoms with Gasteiger partial charge in [-0.05, 0) is 36.8 Å². The van der Waals surface area contributed by atoms with E-state index in [-0.39, 0.29) is 24.3 Å². The van der Waals surface area contributed by atoms with Gasteiger partial charge in [0.25, 0.3) is 5.91 Å². The Balaban J connectivity index is 1.85. The highest BCUT2D eigenvalue weighted by molar-refractivity contribution is 5.96. The highest BCUT2D eigenvalue weighted by atomic mass is 16.6. The van der Waals surface area contributed by atoms with Crippen LogP contribution in [0.4, 0.5) is 11.5 Å². The van der Waals surface area contributed by atoms with Crippen molar-refractivity contribution in [1.29, 1.82) is 0 Å². The average molecular weight is 300 g/mol. The number of amides is 1. The van der Waals surface area contributed by atoms with Gasteiger partial charge in [0.2, 0.25) is 0 Å². The van der Waals surface area contributed by atoms with Gasteiger partial charge in [-0.3, -0.25) is 4.79 Å². The zero-order chi connectivity index (χ0) is 15.9. The summed E-state index contributed by atoms with van der Waals surface area (Å²) in [5.74, 6) is -0.348. The van der Waals surface area contributed by atoms with Crippen LogP contribution in [0.2, 0.25) is 0 Å². The second-order valence-electron chi connectivity index (χ2n) is 5.50. The predicted octanol–water partition coefficient (Wildman–Crippen LogP) is 2.08. The summed E-state index contributed by atoms with van der Waals surface area (Å²) in [6.07, 6.45) is 0.820. The molecule has 0 spiro atoms. The van der Waals surface area contributed by atoms with Crippen molar-refractivity contribution in [2.24, 2.45) is 0 Å². The normalized spacial score (nSPS) is 16.6. The molecule has 0 N–H and O–H groups in total. The van der Waals surface area contributed by atoms with Gasteiger partial charge in [-0.1, -0.05) is 18.2 Å². The summed E-state index contributed by atoms with van der Waals surface area (Å²) in [4.78, 5) is 24.6. The molecule has 0 aliphatic carbocycles. The lowest BCUT2D eigenvalue weighted by Gasteiger charge is -2.22. The molecule has 114 valence electrons. The van der Waals surface area contributed by atoms with Crippen LogP contribution in [0.15, 0.2) is 30.3 Å². The van der Waals surface area contributed by atoms with E-state index in [1.807, 2.05) is 31.2 Å². The van der Waals surface area contributed by atoms with Crippen molar-refractivity contribution in [2.75, 3.05) is 4.90 Å². The Morgan fingerprint density at radius 3 is 2.86 bits per heavy atom. The van der Waals surface area contributed by atoms with Gasteiger partial charge in [-0.2, -0.15) is 4.68 Å². The van der Waals surface area contributed by atoms with Crippen molar-refractivity contribution >= 4 is 17.4 Å². The van der Waals surface area contributed by atoms with E-state index in [9.17, 15) is 14.9 Å². The van der Waals surface area contributed by atoms with Gasteiger partial charge in [0.15, 0.2) is 0 Å². The third kappa shape index (κ3) is 2.34. The number of nitro groups is 1. The van der Waals surface area contributed by atoms with E-state index in [1.165, 1.54) is 10.7 Å². The van der Waals surface area contributed by atoms with E-state index in [2.05, 4.69) is 5.10 Å². The molecule has 22 heavy (non-hydrogen) atoms. The Morgan fingerprint density at radius 2 is 2.18 bits per heavy atom. The third-order valence-corrected chi connectivity index (χ3v) is 3.92. The largest absolute Gasteiger partial charge is 0.390 e. The van der Waals surface area contributed by atoms with Crippen molar-refractivity contribution in [3.63, 3.8) is 0 Å². The number of hydrogen-bond donors (Lipinski definition) is 0. The Kier molecular flexibility index (Phi) is 3.40. The zero-order valence-corrected chi connectivity index (χ0v) is 12.4. The summed E-state index contributed by atoms with van der Waals surface area (Å²) in [5, 5.41) is 14.6. The maximum absolute atomic E-state index is 12.6. The van der Waals surface area contributed by atoms with E-state index in [4.69, 9.17) is 0 Å². The summed E-state index contributed by atoms with van der Waals surface area (Å²) in [6, 6.07) is 9.25. The summed E-state index contributed by atoms with van der Waals surface area (Å²) in [6.45, 7) is 3.70.